The van der Waals surface area contributed by atoms with Crippen LogP contribution in [0, 0.1) is 0 Å². The summed E-state index contributed by atoms with van der Waals surface area (Å²) in [4.78, 5) is 2.59. The molecular formula is C50H48BNO. The van der Waals surface area contributed by atoms with Crippen molar-refractivity contribution in [2.24, 2.45) is 0 Å². The number of anilines is 3. The second kappa shape index (κ2) is 11.6. The molecule has 2 aliphatic heterocycles. The van der Waals surface area contributed by atoms with E-state index in [1.165, 1.54) is 77.7 Å². The predicted molar refractivity (Wildman–Crippen MR) is 228 cm³/mol. The molecule has 0 radical (unpaired) electrons. The Morgan fingerprint density at radius 1 is 0.491 bits per heavy atom. The van der Waals surface area contributed by atoms with E-state index in [-0.39, 0.29) is 23.0 Å². The van der Waals surface area contributed by atoms with Gasteiger partial charge in [0.15, 0.2) is 0 Å². The maximum atomic E-state index is 7.20. The molecule has 6 aromatic carbocycles. The summed E-state index contributed by atoms with van der Waals surface area (Å²) in [7, 11) is 0. The molecule has 2 nitrogen and oxygen atoms in total. The Balaban J connectivity index is 1.43. The average molecular weight is 690 g/mol. The minimum atomic E-state index is -0.0622. The summed E-state index contributed by atoms with van der Waals surface area (Å²) in [5, 5.41) is 2.40. The number of nitrogens with zero attached hydrogens (tertiary/aromatic N) is 1. The summed E-state index contributed by atoms with van der Waals surface area (Å²) in [5.41, 5.74) is 17.3. The second-order valence-corrected chi connectivity index (χ2v) is 18.3. The number of hydrogen-bond acceptors (Lipinski definition) is 2. The van der Waals surface area contributed by atoms with E-state index in [1.807, 2.05) is 0 Å². The van der Waals surface area contributed by atoms with Gasteiger partial charge in [0.05, 0.1) is 5.66 Å². The molecule has 0 saturated heterocycles. The lowest BCUT2D eigenvalue weighted by Crippen LogP contribution is -2.59. The fourth-order valence-electron chi connectivity index (χ4n) is 8.49. The zero-order chi connectivity index (χ0) is 37.0. The molecule has 3 heteroatoms. The number of rotatable bonds is 3. The molecular weight excluding hydrogens is 641 g/mol. The molecule has 9 rings (SSSR count). The fraction of sp³-hybridized carbons (Fsp3) is 0.240. The Hall–Kier alpha value is -5.28. The van der Waals surface area contributed by atoms with Gasteiger partial charge in [-0.1, -0.05) is 159 Å². The van der Waals surface area contributed by atoms with Crippen LogP contribution in [0.3, 0.4) is 0 Å². The summed E-state index contributed by atoms with van der Waals surface area (Å²) in [6.07, 6.45) is 0. The van der Waals surface area contributed by atoms with E-state index in [0.717, 1.165) is 17.0 Å². The van der Waals surface area contributed by atoms with Crippen LogP contribution < -0.4 is 21.5 Å². The minimum Gasteiger partial charge on any atom is -0.469 e. The average Bonchev–Trinajstić information content (AvgIpc) is 3.52. The third-order valence-electron chi connectivity index (χ3n) is 11.5. The maximum Gasteiger partial charge on any atom is 0.293 e. The SMILES string of the molecule is CC(C)(C)c1cc(N2c3cc(C(C)(C)C)ccc3B3c4c(cc(-c5ccccc5)cc42)-c2cccc4c(-c5ccccc5)oc3c24)cc(C(C)(C)C)c1. The van der Waals surface area contributed by atoms with Gasteiger partial charge in [-0.05, 0) is 96.4 Å². The van der Waals surface area contributed by atoms with Crippen molar-refractivity contribution in [1.82, 2.24) is 0 Å². The van der Waals surface area contributed by atoms with Crippen molar-refractivity contribution in [3.05, 3.63) is 144 Å². The van der Waals surface area contributed by atoms with Crippen LogP contribution in [-0.2, 0) is 16.2 Å². The molecule has 53 heavy (non-hydrogen) atoms. The summed E-state index contributed by atoms with van der Waals surface area (Å²) in [6, 6.07) is 47.7. The number of hydrogen-bond donors (Lipinski definition) is 0. The summed E-state index contributed by atoms with van der Waals surface area (Å²) in [5.74, 6) is 0.943. The van der Waals surface area contributed by atoms with Gasteiger partial charge < -0.3 is 9.32 Å². The summed E-state index contributed by atoms with van der Waals surface area (Å²) in [6.45, 7) is 20.9. The van der Waals surface area contributed by atoms with Gasteiger partial charge in [-0.25, -0.2) is 0 Å². The van der Waals surface area contributed by atoms with Crippen LogP contribution in [0.1, 0.15) is 79.0 Å². The number of fused-ring (bicyclic) bond motifs is 4. The van der Waals surface area contributed by atoms with Crippen LogP contribution in [0.15, 0.2) is 132 Å². The molecule has 0 bridgehead atoms. The van der Waals surface area contributed by atoms with Crippen LogP contribution in [0.5, 0.6) is 0 Å². The van der Waals surface area contributed by atoms with Crippen LogP contribution in [0.4, 0.5) is 17.1 Å². The van der Waals surface area contributed by atoms with Crippen molar-refractivity contribution in [2.45, 2.75) is 78.6 Å². The molecule has 7 aromatic rings. The first-order chi connectivity index (χ1) is 25.2. The Kier molecular flexibility index (Phi) is 7.35. The molecule has 262 valence electrons. The first-order valence-corrected chi connectivity index (χ1v) is 19.1. The van der Waals surface area contributed by atoms with E-state index < -0.39 is 0 Å². The zero-order valence-electron chi connectivity index (χ0n) is 32.6. The summed E-state index contributed by atoms with van der Waals surface area (Å²) < 4.78 is 7.20. The molecule has 0 amide bonds. The van der Waals surface area contributed by atoms with Crippen LogP contribution in [0.2, 0.25) is 0 Å². The summed E-state index contributed by atoms with van der Waals surface area (Å²) >= 11 is 0. The van der Waals surface area contributed by atoms with E-state index in [1.54, 1.807) is 0 Å². The van der Waals surface area contributed by atoms with Gasteiger partial charge in [0.1, 0.15) is 5.76 Å². The second-order valence-electron chi connectivity index (χ2n) is 18.3. The molecule has 2 aliphatic rings. The monoisotopic (exact) mass is 689 g/mol. The molecule has 0 N–H and O–H groups in total. The lowest BCUT2D eigenvalue weighted by Gasteiger charge is -2.41. The first kappa shape index (κ1) is 33.6. The molecule has 0 atom stereocenters. The van der Waals surface area contributed by atoms with Gasteiger partial charge in [0, 0.05) is 33.4 Å². The van der Waals surface area contributed by atoms with E-state index in [0.29, 0.717) is 0 Å². The highest BCUT2D eigenvalue weighted by atomic mass is 16.3. The Bertz CT molecular complexity index is 2520. The maximum absolute atomic E-state index is 7.20. The highest BCUT2D eigenvalue weighted by Gasteiger charge is 2.45. The standard InChI is InChI=1S/C50H48BNO/c1-48(2,3)34-23-24-41-42(30-34)52(37-28-35(49(4,5)6)27-36(29-37)50(7,8)9)43-26-33(31-17-12-10-13-18-31)25-40-38-21-16-22-39-44(38)47(51(41)45(40)43)53-46(39)32-19-14-11-15-20-32/h10-30H,1-9H3. The molecule has 1 aromatic heterocycles. The highest BCUT2D eigenvalue weighted by molar-refractivity contribution is 7.00. The quantitative estimate of drug-likeness (QED) is 0.172. The number of furan rings is 1. The van der Waals surface area contributed by atoms with E-state index >= 15 is 0 Å². The van der Waals surface area contributed by atoms with Gasteiger partial charge in [0.25, 0.3) is 6.71 Å². The van der Waals surface area contributed by atoms with Crippen molar-refractivity contribution in [1.29, 1.82) is 0 Å². The van der Waals surface area contributed by atoms with Crippen molar-refractivity contribution in [2.75, 3.05) is 4.90 Å². The third kappa shape index (κ3) is 5.39. The minimum absolute atomic E-state index is 0.0255. The van der Waals surface area contributed by atoms with Crippen LogP contribution in [-0.4, -0.2) is 6.71 Å². The molecule has 0 saturated carbocycles. The van der Waals surface area contributed by atoms with Crippen molar-refractivity contribution >= 4 is 51.1 Å². The largest absolute Gasteiger partial charge is 0.469 e. The lowest BCUT2D eigenvalue weighted by atomic mass is 9.34. The molecule has 0 unspecified atom stereocenters. The van der Waals surface area contributed by atoms with E-state index in [2.05, 4.69) is 195 Å². The van der Waals surface area contributed by atoms with Crippen molar-refractivity contribution in [3.63, 3.8) is 0 Å². The first-order valence-electron chi connectivity index (χ1n) is 19.1. The Morgan fingerprint density at radius 2 is 1.11 bits per heavy atom. The Labute approximate surface area is 315 Å². The molecule has 3 heterocycles. The van der Waals surface area contributed by atoms with Gasteiger partial charge in [-0.2, -0.15) is 0 Å². The normalized spacial score (nSPS) is 13.7. The van der Waals surface area contributed by atoms with Gasteiger partial charge in [0.2, 0.25) is 0 Å². The van der Waals surface area contributed by atoms with Gasteiger partial charge in [-0.15, -0.1) is 0 Å². The predicted octanol–water partition coefficient (Wildman–Crippen LogP) is 11.9. The highest BCUT2D eigenvalue weighted by Crippen LogP contribution is 2.47. The zero-order valence-corrected chi connectivity index (χ0v) is 32.6. The molecule has 0 fully saturated rings. The third-order valence-corrected chi connectivity index (χ3v) is 11.5. The van der Waals surface area contributed by atoms with Crippen LogP contribution >= 0.6 is 0 Å². The van der Waals surface area contributed by atoms with Crippen molar-refractivity contribution in [3.8, 4) is 33.6 Å². The smallest absolute Gasteiger partial charge is 0.293 e. The molecule has 0 spiro atoms. The van der Waals surface area contributed by atoms with E-state index in [9.17, 15) is 0 Å². The Morgan fingerprint density at radius 3 is 1.74 bits per heavy atom. The fourth-order valence-corrected chi connectivity index (χ4v) is 8.49. The van der Waals surface area contributed by atoms with Gasteiger partial charge in [-0.3, -0.25) is 0 Å². The lowest BCUT2D eigenvalue weighted by molar-refractivity contribution is 0.569. The number of benzene rings is 6. The van der Waals surface area contributed by atoms with Crippen LogP contribution in [0.25, 0.3) is 44.3 Å². The van der Waals surface area contributed by atoms with Crippen molar-refractivity contribution < 1.29 is 4.42 Å². The van der Waals surface area contributed by atoms with Gasteiger partial charge >= 0.3 is 0 Å². The topological polar surface area (TPSA) is 16.4 Å². The molecule has 0 aliphatic carbocycles. The van der Waals surface area contributed by atoms with E-state index in [4.69, 9.17) is 4.42 Å².